The number of hydrogen-bond donors (Lipinski definition) is 0. The van der Waals surface area contributed by atoms with E-state index in [-0.39, 0.29) is 11.0 Å². The number of amides is 1. The van der Waals surface area contributed by atoms with Crippen LogP contribution < -0.4 is 9.64 Å². The fourth-order valence-corrected chi connectivity index (χ4v) is 3.10. The minimum absolute atomic E-state index is 0.124. The topological polar surface area (TPSA) is 55.8 Å². The van der Waals surface area contributed by atoms with E-state index < -0.39 is 87.6 Å². The maximum absolute atomic E-state index is 14.6. The molecule has 1 heterocycles. The highest BCUT2D eigenvalue weighted by Gasteiger charge is 2.53. The Morgan fingerprint density at radius 1 is 0.939 bits per heavy atom. The SMILES string of the molecule is CC(C)OC(=O)[C@@H](C)N1C(=O)C(F)(F)Oc2cc(F)c(-c3c(F)c(F)c(F)c(F)c3F)cc21. The van der Waals surface area contributed by atoms with E-state index in [2.05, 4.69) is 4.74 Å². The predicted molar refractivity (Wildman–Crippen MR) is 95.4 cm³/mol. The third-order valence-corrected chi connectivity index (χ3v) is 4.57. The van der Waals surface area contributed by atoms with Gasteiger partial charge in [-0.2, -0.15) is 8.78 Å². The lowest BCUT2D eigenvalue weighted by Crippen LogP contribution is -2.56. The van der Waals surface area contributed by atoms with E-state index in [1.54, 1.807) is 0 Å². The smallest absolute Gasteiger partial charge is 0.461 e. The summed E-state index contributed by atoms with van der Waals surface area (Å²) >= 11 is 0. The zero-order valence-corrected chi connectivity index (χ0v) is 16.9. The highest BCUT2D eigenvalue weighted by molar-refractivity contribution is 6.05. The van der Waals surface area contributed by atoms with Crippen LogP contribution in [0.15, 0.2) is 12.1 Å². The molecule has 0 unspecified atom stereocenters. The Bertz CT molecular complexity index is 1140. The van der Waals surface area contributed by atoms with Gasteiger partial charge in [0.25, 0.3) is 0 Å². The molecule has 0 saturated heterocycles. The molecule has 0 spiro atoms. The number of benzene rings is 2. The predicted octanol–water partition coefficient (Wildman–Crippen LogP) is 4.85. The Balaban J connectivity index is 2.28. The van der Waals surface area contributed by atoms with Crippen molar-refractivity contribution >= 4 is 17.6 Å². The van der Waals surface area contributed by atoms with E-state index in [1.165, 1.54) is 13.8 Å². The molecule has 2 aromatic carbocycles. The maximum atomic E-state index is 14.6. The summed E-state index contributed by atoms with van der Waals surface area (Å²) in [4.78, 5) is 24.7. The molecule has 0 fully saturated rings. The summed E-state index contributed by atoms with van der Waals surface area (Å²) in [5.74, 6) is -18.1. The zero-order valence-electron chi connectivity index (χ0n) is 16.9. The lowest BCUT2D eigenvalue weighted by atomic mass is 10.00. The minimum atomic E-state index is -4.57. The van der Waals surface area contributed by atoms with Crippen LogP contribution in [0.25, 0.3) is 11.1 Å². The van der Waals surface area contributed by atoms with Crippen molar-refractivity contribution in [2.45, 2.75) is 39.0 Å². The van der Waals surface area contributed by atoms with Crippen molar-refractivity contribution in [3.8, 4) is 16.9 Å². The number of halogens is 8. The van der Waals surface area contributed by atoms with Gasteiger partial charge in [-0.3, -0.25) is 9.69 Å². The molecule has 0 N–H and O–H groups in total. The quantitative estimate of drug-likeness (QED) is 0.270. The van der Waals surface area contributed by atoms with Gasteiger partial charge in [-0.05, 0) is 26.8 Å². The summed E-state index contributed by atoms with van der Waals surface area (Å²) in [5, 5.41) is 0. The van der Waals surface area contributed by atoms with Gasteiger partial charge in [0.1, 0.15) is 11.9 Å². The lowest BCUT2D eigenvalue weighted by molar-refractivity contribution is -0.194. The van der Waals surface area contributed by atoms with Gasteiger partial charge in [0.05, 0.1) is 17.4 Å². The molecule has 2 aromatic rings. The van der Waals surface area contributed by atoms with Gasteiger partial charge in [0.2, 0.25) is 5.82 Å². The molecule has 3 rings (SSSR count). The molecule has 1 amide bonds. The van der Waals surface area contributed by atoms with Gasteiger partial charge in [-0.1, -0.05) is 0 Å². The molecule has 0 saturated carbocycles. The average Bonchev–Trinajstić information content (AvgIpc) is 2.71. The van der Waals surface area contributed by atoms with Gasteiger partial charge < -0.3 is 9.47 Å². The third kappa shape index (κ3) is 3.95. The van der Waals surface area contributed by atoms with Gasteiger partial charge >= 0.3 is 18.0 Å². The highest BCUT2D eigenvalue weighted by Crippen LogP contribution is 2.45. The summed E-state index contributed by atoms with van der Waals surface area (Å²) in [5.41, 5.74) is -3.77. The Hall–Kier alpha value is -3.38. The molecular weight excluding hydrogens is 470 g/mol. The van der Waals surface area contributed by atoms with Crippen LogP contribution in [-0.2, 0) is 14.3 Å². The number of hydrogen-bond acceptors (Lipinski definition) is 4. The number of fused-ring (bicyclic) bond motifs is 1. The van der Waals surface area contributed by atoms with E-state index in [0.717, 1.165) is 6.92 Å². The van der Waals surface area contributed by atoms with Crippen molar-refractivity contribution < 1.29 is 54.2 Å². The van der Waals surface area contributed by atoms with Crippen molar-refractivity contribution in [2.24, 2.45) is 0 Å². The molecule has 0 aliphatic carbocycles. The van der Waals surface area contributed by atoms with Crippen LogP contribution in [0.2, 0.25) is 0 Å². The number of esters is 1. The fourth-order valence-electron chi connectivity index (χ4n) is 3.10. The van der Waals surface area contributed by atoms with Crippen molar-refractivity contribution in [1.82, 2.24) is 0 Å². The first kappa shape index (κ1) is 24.3. The maximum Gasteiger partial charge on any atom is 0.483 e. The molecule has 0 bridgehead atoms. The second-order valence-corrected chi connectivity index (χ2v) is 7.20. The molecule has 1 aliphatic rings. The Morgan fingerprint density at radius 3 is 1.97 bits per heavy atom. The summed E-state index contributed by atoms with van der Waals surface area (Å²) in [6.45, 7) is 3.81. The number of anilines is 1. The van der Waals surface area contributed by atoms with Crippen molar-refractivity contribution in [3.63, 3.8) is 0 Å². The van der Waals surface area contributed by atoms with Crippen LogP contribution in [0, 0.1) is 34.9 Å². The Kier molecular flexibility index (Phi) is 6.03. The molecule has 0 radical (unpaired) electrons. The second kappa shape index (κ2) is 8.19. The van der Waals surface area contributed by atoms with Crippen molar-refractivity contribution in [3.05, 3.63) is 47.0 Å². The first-order valence-electron chi connectivity index (χ1n) is 9.15. The number of ether oxygens (including phenoxy) is 2. The molecule has 1 aliphatic heterocycles. The van der Waals surface area contributed by atoms with Crippen LogP contribution in [0.1, 0.15) is 20.8 Å². The van der Waals surface area contributed by atoms with E-state index in [0.29, 0.717) is 6.07 Å². The Labute approximate surface area is 180 Å². The summed E-state index contributed by atoms with van der Waals surface area (Å²) in [6.07, 6.45) is -5.30. The normalized spacial score (nSPS) is 15.9. The fraction of sp³-hybridized carbons (Fsp3) is 0.300. The molecular formula is C20H13F8NO4. The highest BCUT2D eigenvalue weighted by atomic mass is 19.3. The van der Waals surface area contributed by atoms with E-state index in [9.17, 15) is 44.7 Å². The molecule has 178 valence electrons. The second-order valence-electron chi connectivity index (χ2n) is 7.20. The number of carbonyl (C=O) groups excluding carboxylic acids is 2. The van der Waals surface area contributed by atoms with Crippen LogP contribution in [0.5, 0.6) is 5.75 Å². The molecule has 13 heteroatoms. The van der Waals surface area contributed by atoms with Crippen LogP contribution in [-0.4, -0.2) is 30.1 Å². The van der Waals surface area contributed by atoms with Crippen LogP contribution in [0.3, 0.4) is 0 Å². The first-order chi connectivity index (χ1) is 15.2. The van der Waals surface area contributed by atoms with Crippen LogP contribution >= 0.6 is 0 Å². The molecule has 1 atom stereocenters. The first-order valence-corrected chi connectivity index (χ1v) is 9.15. The minimum Gasteiger partial charge on any atom is -0.461 e. The number of alkyl halides is 2. The molecule has 0 aromatic heterocycles. The lowest BCUT2D eigenvalue weighted by Gasteiger charge is -2.36. The molecule has 5 nitrogen and oxygen atoms in total. The zero-order chi connectivity index (χ0) is 25.0. The largest absolute Gasteiger partial charge is 0.483 e. The number of nitrogens with zero attached hydrogens (tertiary/aromatic N) is 1. The van der Waals surface area contributed by atoms with E-state index in [4.69, 9.17) is 4.74 Å². The summed E-state index contributed by atoms with van der Waals surface area (Å²) < 4.78 is 121. The number of rotatable bonds is 4. The van der Waals surface area contributed by atoms with E-state index in [1.807, 2.05) is 0 Å². The number of carbonyl (C=O) groups is 2. The van der Waals surface area contributed by atoms with Crippen LogP contribution in [0.4, 0.5) is 40.8 Å². The molecule has 33 heavy (non-hydrogen) atoms. The van der Waals surface area contributed by atoms with Crippen molar-refractivity contribution in [2.75, 3.05) is 4.90 Å². The van der Waals surface area contributed by atoms with E-state index >= 15 is 0 Å². The van der Waals surface area contributed by atoms with Gasteiger partial charge in [-0.25, -0.2) is 31.1 Å². The van der Waals surface area contributed by atoms with Gasteiger partial charge in [0.15, 0.2) is 29.0 Å². The standard InChI is InChI=1S/C20H13F8NO4/c1-6(2)32-18(30)7(3)29-10-4-8(9(21)5-11(10)33-20(27,28)19(29)31)12-13(22)15(24)17(26)16(25)14(12)23/h4-7H,1-3H3/t7-/m1/s1. The van der Waals surface area contributed by atoms with Gasteiger partial charge in [-0.15, -0.1) is 0 Å². The third-order valence-electron chi connectivity index (χ3n) is 4.57. The van der Waals surface area contributed by atoms with Gasteiger partial charge in [0, 0.05) is 11.6 Å². The van der Waals surface area contributed by atoms with Crippen molar-refractivity contribution in [1.29, 1.82) is 0 Å². The summed E-state index contributed by atoms with van der Waals surface area (Å²) in [7, 11) is 0. The monoisotopic (exact) mass is 483 g/mol. The average molecular weight is 483 g/mol. The Morgan fingerprint density at radius 2 is 1.45 bits per heavy atom. The summed E-state index contributed by atoms with van der Waals surface area (Å²) in [6, 6.07) is -1.26.